The summed E-state index contributed by atoms with van der Waals surface area (Å²) in [6.45, 7) is 3.91. The second kappa shape index (κ2) is 4.96. The Morgan fingerprint density at radius 2 is 1.31 bits per heavy atom. The van der Waals surface area contributed by atoms with E-state index in [1.807, 2.05) is 0 Å². The lowest BCUT2D eigenvalue weighted by Gasteiger charge is -1.99. The summed E-state index contributed by atoms with van der Waals surface area (Å²) in [6.07, 6.45) is -0.999. The maximum Gasteiger partial charge on any atom is 0.303 e. The van der Waals surface area contributed by atoms with E-state index in [4.69, 9.17) is 14.2 Å². The van der Waals surface area contributed by atoms with E-state index in [-0.39, 0.29) is 12.5 Å². The molecule has 1 aliphatic carbocycles. The van der Waals surface area contributed by atoms with Crippen LogP contribution in [0.3, 0.4) is 0 Å². The number of carbonyl (C=O) groups excluding carboxylic acids is 3. The highest BCUT2D eigenvalue weighted by Crippen LogP contribution is 2.38. The predicted octanol–water partition coefficient (Wildman–Crippen LogP) is 0.0427. The maximum atomic E-state index is 10.7. The van der Waals surface area contributed by atoms with Crippen LogP contribution in [0.5, 0.6) is 0 Å². The molecule has 0 aromatic heterocycles. The second-order valence-corrected chi connectivity index (χ2v) is 3.61. The molecule has 0 aliphatic heterocycles. The quantitative estimate of drug-likeness (QED) is 0.501. The first-order valence-corrected chi connectivity index (χ1v) is 4.89. The highest BCUT2D eigenvalue weighted by molar-refractivity contribution is 5.68. The Balaban J connectivity index is 2.44. The molecule has 0 spiro atoms. The molecule has 90 valence electrons. The summed E-state index contributed by atoms with van der Waals surface area (Å²) in [5.41, 5.74) is 0. The number of ether oxygens (including phenoxy) is 3. The molecular formula is C10H14O6. The summed E-state index contributed by atoms with van der Waals surface area (Å²) in [6, 6.07) is 0. The van der Waals surface area contributed by atoms with E-state index >= 15 is 0 Å². The molecular weight excluding hydrogens is 216 g/mol. The molecule has 1 fully saturated rings. The van der Waals surface area contributed by atoms with E-state index in [2.05, 4.69) is 0 Å². The molecule has 0 aromatic rings. The molecule has 1 aliphatic rings. The third kappa shape index (κ3) is 3.52. The van der Waals surface area contributed by atoms with Gasteiger partial charge in [-0.05, 0) is 0 Å². The maximum absolute atomic E-state index is 10.7. The third-order valence-corrected chi connectivity index (χ3v) is 2.11. The number of carbonyl (C=O) groups is 3. The van der Waals surface area contributed by atoms with Gasteiger partial charge < -0.3 is 14.2 Å². The van der Waals surface area contributed by atoms with Crippen molar-refractivity contribution in [3.8, 4) is 0 Å². The first-order chi connectivity index (χ1) is 7.41. The summed E-state index contributed by atoms with van der Waals surface area (Å²) < 4.78 is 14.6. The van der Waals surface area contributed by atoms with Crippen LogP contribution in [0.25, 0.3) is 0 Å². The van der Waals surface area contributed by atoms with Crippen LogP contribution < -0.4 is 0 Å². The minimum Gasteiger partial charge on any atom is -0.465 e. The van der Waals surface area contributed by atoms with Gasteiger partial charge >= 0.3 is 17.9 Å². The van der Waals surface area contributed by atoms with Gasteiger partial charge in [0, 0.05) is 20.8 Å². The normalized spacial score (nSPS) is 26.8. The van der Waals surface area contributed by atoms with Crippen molar-refractivity contribution in [3.63, 3.8) is 0 Å². The lowest BCUT2D eigenvalue weighted by Crippen LogP contribution is -2.09. The lowest BCUT2D eigenvalue weighted by atomic mass is 10.4. The second-order valence-electron chi connectivity index (χ2n) is 3.61. The van der Waals surface area contributed by atoms with Crippen LogP contribution in [0.2, 0.25) is 0 Å². The van der Waals surface area contributed by atoms with Gasteiger partial charge in [-0.3, -0.25) is 14.4 Å². The van der Waals surface area contributed by atoms with Crippen LogP contribution in [0.1, 0.15) is 20.8 Å². The smallest absolute Gasteiger partial charge is 0.303 e. The van der Waals surface area contributed by atoms with Crippen molar-refractivity contribution >= 4 is 17.9 Å². The van der Waals surface area contributed by atoms with Crippen molar-refractivity contribution in [3.05, 3.63) is 0 Å². The average molecular weight is 230 g/mol. The summed E-state index contributed by atoms with van der Waals surface area (Å²) in [5.74, 6) is -1.58. The SMILES string of the molecule is CC(=O)OCC1C(OC(C)=O)C1OC(C)=O. The fourth-order valence-electron chi connectivity index (χ4n) is 1.41. The van der Waals surface area contributed by atoms with Crippen LogP contribution in [0.4, 0.5) is 0 Å². The minimum atomic E-state index is -0.499. The van der Waals surface area contributed by atoms with Gasteiger partial charge in [-0.15, -0.1) is 0 Å². The highest BCUT2D eigenvalue weighted by atomic mass is 16.6. The van der Waals surface area contributed by atoms with E-state index in [9.17, 15) is 14.4 Å². The van der Waals surface area contributed by atoms with Crippen LogP contribution in [0, 0.1) is 5.92 Å². The summed E-state index contributed by atoms with van der Waals surface area (Å²) in [7, 11) is 0. The van der Waals surface area contributed by atoms with Gasteiger partial charge in [0.2, 0.25) is 0 Å². The molecule has 6 heteroatoms. The summed E-state index contributed by atoms with van der Waals surface area (Å²) >= 11 is 0. The zero-order chi connectivity index (χ0) is 12.3. The van der Waals surface area contributed by atoms with E-state index in [0.29, 0.717) is 0 Å². The summed E-state index contributed by atoms with van der Waals surface area (Å²) in [4.78, 5) is 32.1. The molecule has 0 amide bonds. The average Bonchev–Trinajstić information content (AvgIpc) is 2.72. The molecule has 2 atom stereocenters. The topological polar surface area (TPSA) is 78.9 Å². The zero-order valence-corrected chi connectivity index (χ0v) is 9.39. The van der Waals surface area contributed by atoms with Crippen molar-refractivity contribution in [2.24, 2.45) is 5.92 Å². The zero-order valence-electron chi connectivity index (χ0n) is 9.39. The number of esters is 3. The van der Waals surface area contributed by atoms with Crippen LogP contribution in [-0.4, -0.2) is 36.7 Å². The largest absolute Gasteiger partial charge is 0.465 e. The van der Waals surface area contributed by atoms with Crippen molar-refractivity contribution in [1.29, 1.82) is 0 Å². The van der Waals surface area contributed by atoms with Gasteiger partial charge in [-0.2, -0.15) is 0 Å². The van der Waals surface area contributed by atoms with Gasteiger partial charge in [0.15, 0.2) is 0 Å². The van der Waals surface area contributed by atoms with E-state index in [1.54, 1.807) is 0 Å². The highest BCUT2D eigenvalue weighted by Gasteiger charge is 2.57. The number of rotatable bonds is 4. The molecule has 0 bridgehead atoms. The standard InChI is InChI=1S/C10H14O6/c1-5(11)14-4-8-9(15-6(2)12)10(8)16-7(3)13/h8-10H,4H2,1-3H3. The van der Waals surface area contributed by atoms with Gasteiger partial charge in [-0.25, -0.2) is 0 Å². The fourth-order valence-corrected chi connectivity index (χ4v) is 1.41. The predicted molar refractivity (Wildman–Crippen MR) is 51.2 cm³/mol. The van der Waals surface area contributed by atoms with Crippen molar-refractivity contribution in [2.75, 3.05) is 6.61 Å². The van der Waals surface area contributed by atoms with Crippen molar-refractivity contribution < 1.29 is 28.6 Å². The van der Waals surface area contributed by atoms with E-state index in [1.165, 1.54) is 20.8 Å². The molecule has 0 N–H and O–H groups in total. The van der Waals surface area contributed by atoms with E-state index < -0.39 is 30.1 Å². The molecule has 0 radical (unpaired) electrons. The molecule has 0 aromatic carbocycles. The third-order valence-electron chi connectivity index (χ3n) is 2.11. The summed E-state index contributed by atoms with van der Waals surface area (Å²) in [5, 5.41) is 0. The van der Waals surface area contributed by atoms with Crippen molar-refractivity contribution in [2.45, 2.75) is 33.0 Å². The Bertz CT molecular complexity index is 288. The monoisotopic (exact) mass is 230 g/mol. The molecule has 1 rings (SSSR count). The Morgan fingerprint density at radius 1 is 0.875 bits per heavy atom. The van der Waals surface area contributed by atoms with Crippen LogP contribution >= 0.6 is 0 Å². The Hall–Kier alpha value is -1.59. The van der Waals surface area contributed by atoms with Crippen LogP contribution in [0.15, 0.2) is 0 Å². The number of hydrogen-bond acceptors (Lipinski definition) is 6. The Kier molecular flexibility index (Phi) is 3.87. The Labute approximate surface area is 92.8 Å². The van der Waals surface area contributed by atoms with Crippen molar-refractivity contribution in [1.82, 2.24) is 0 Å². The minimum absolute atomic E-state index is 0.0885. The van der Waals surface area contributed by atoms with Gasteiger partial charge in [0.05, 0.1) is 5.92 Å². The molecule has 1 saturated carbocycles. The van der Waals surface area contributed by atoms with Gasteiger partial charge in [0.1, 0.15) is 18.8 Å². The molecule has 0 heterocycles. The molecule has 16 heavy (non-hydrogen) atoms. The lowest BCUT2D eigenvalue weighted by molar-refractivity contribution is -0.149. The number of hydrogen-bond donors (Lipinski definition) is 0. The molecule has 0 saturated heterocycles. The molecule has 6 nitrogen and oxygen atoms in total. The Morgan fingerprint density at radius 3 is 1.62 bits per heavy atom. The fraction of sp³-hybridized carbons (Fsp3) is 0.700. The first-order valence-electron chi connectivity index (χ1n) is 4.89. The molecule has 2 unspecified atom stereocenters. The van der Waals surface area contributed by atoms with Gasteiger partial charge in [0.25, 0.3) is 0 Å². The van der Waals surface area contributed by atoms with E-state index in [0.717, 1.165) is 0 Å². The van der Waals surface area contributed by atoms with Gasteiger partial charge in [-0.1, -0.05) is 0 Å². The first kappa shape index (κ1) is 12.5. The van der Waals surface area contributed by atoms with Crippen LogP contribution in [-0.2, 0) is 28.6 Å².